The molecule has 2 rings (SSSR count). The first-order chi connectivity index (χ1) is 8.62. The van der Waals surface area contributed by atoms with Gasteiger partial charge in [-0.15, -0.1) is 0 Å². The lowest BCUT2D eigenvalue weighted by atomic mass is 10.2. The summed E-state index contributed by atoms with van der Waals surface area (Å²) in [7, 11) is -3.54. The van der Waals surface area contributed by atoms with Crippen LogP contribution in [-0.2, 0) is 23.2 Å². The van der Waals surface area contributed by atoms with Gasteiger partial charge in [0.15, 0.2) is 0 Å². The molecule has 0 atom stereocenters. The average molecular weight is 267 g/mol. The molecule has 0 aliphatic carbocycles. The number of aliphatic hydroxyl groups is 1. The van der Waals surface area contributed by atoms with Gasteiger partial charge in [0, 0.05) is 11.9 Å². The molecule has 0 saturated heterocycles. The van der Waals surface area contributed by atoms with E-state index in [1.165, 1.54) is 18.5 Å². The summed E-state index contributed by atoms with van der Waals surface area (Å²) in [6, 6.07) is 6.07. The highest BCUT2D eigenvalue weighted by atomic mass is 32.2. The Bertz CT molecular complexity index is 591. The number of aromatic nitrogens is 2. The molecule has 0 bridgehead atoms. The minimum absolute atomic E-state index is 0.109. The molecule has 1 heterocycles. The van der Waals surface area contributed by atoms with E-state index in [4.69, 9.17) is 5.11 Å². The molecule has 0 saturated carbocycles. The monoisotopic (exact) mass is 267 g/mol. The first-order valence-electron chi connectivity index (χ1n) is 5.28. The lowest BCUT2D eigenvalue weighted by Gasteiger charge is -2.06. The number of hydrogen-bond donors (Lipinski definition) is 3. The molecule has 1 aromatic heterocycles. The number of aliphatic hydroxyl groups excluding tert-OH is 1. The summed E-state index contributed by atoms with van der Waals surface area (Å²) in [5.41, 5.74) is 1.35. The lowest BCUT2D eigenvalue weighted by Crippen LogP contribution is -2.23. The second kappa shape index (κ2) is 5.30. The fourth-order valence-corrected chi connectivity index (χ4v) is 2.42. The van der Waals surface area contributed by atoms with Gasteiger partial charge in [-0.1, -0.05) is 12.1 Å². The van der Waals surface area contributed by atoms with E-state index < -0.39 is 10.0 Å². The van der Waals surface area contributed by atoms with Crippen molar-refractivity contribution in [1.82, 2.24) is 14.7 Å². The van der Waals surface area contributed by atoms with Crippen molar-refractivity contribution in [3.63, 3.8) is 0 Å². The van der Waals surface area contributed by atoms with Crippen LogP contribution in [0.3, 0.4) is 0 Å². The molecule has 0 amide bonds. The third-order valence-corrected chi connectivity index (χ3v) is 3.84. The number of aromatic amines is 1. The Morgan fingerprint density at radius 3 is 2.56 bits per heavy atom. The van der Waals surface area contributed by atoms with Crippen molar-refractivity contribution < 1.29 is 13.5 Å². The predicted octanol–water partition coefficient (Wildman–Crippen LogP) is 0.380. The summed E-state index contributed by atoms with van der Waals surface area (Å²) >= 11 is 0. The van der Waals surface area contributed by atoms with Gasteiger partial charge in [-0.2, -0.15) is 0 Å². The summed E-state index contributed by atoms with van der Waals surface area (Å²) in [4.78, 5) is 6.77. The zero-order valence-electron chi connectivity index (χ0n) is 9.50. The van der Waals surface area contributed by atoms with Crippen molar-refractivity contribution in [3.8, 4) is 0 Å². The van der Waals surface area contributed by atoms with Gasteiger partial charge in [0.25, 0.3) is 0 Å². The molecule has 6 nitrogen and oxygen atoms in total. The summed E-state index contributed by atoms with van der Waals surface area (Å²) in [6.45, 7) is 0.0476. The summed E-state index contributed by atoms with van der Waals surface area (Å²) in [5, 5.41) is 8.88. The standard InChI is InChI=1S/C11H13N3O3S/c15-7-9-1-3-11(4-2-9)18(16,17)14-6-10-5-12-8-13-10/h1-5,8,14-15H,6-7H2,(H,12,13). The van der Waals surface area contributed by atoms with E-state index in [1.54, 1.807) is 18.3 Å². The van der Waals surface area contributed by atoms with Crippen LogP contribution in [0.1, 0.15) is 11.3 Å². The van der Waals surface area contributed by atoms with Crippen LogP contribution >= 0.6 is 0 Å². The number of imidazole rings is 1. The average Bonchev–Trinajstić information content (AvgIpc) is 2.90. The third kappa shape index (κ3) is 2.95. The molecular weight excluding hydrogens is 254 g/mol. The number of sulfonamides is 1. The van der Waals surface area contributed by atoms with E-state index in [1.807, 2.05) is 0 Å². The van der Waals surface area contributed by atoms with Crippen molar-refractivity contribution in [1.29, 1.82) is 0 Å². The predicted molar refractivity (Wildman–Crippen MR) is 65.0 cm³/mol. The topological polar surface area (TPSA) is 95.1 Å². The third-order valence-electron chi connectivity index (χ3n) is 2.42. The Balaban J connectivity index is 2.09. The van der Waals surface area contributed by atoms with Gasteiger partial charge >= 0.3 is 0 Å². The van der Waals surface area contributed by atoms with Crippen molar-refractivity contribution in [3.05, 3.63) is 48.0 Å². The number of nitrogens with one attached hydrogen (secondary N) is 2. The van der Waals surface area contributed by atoms with Crippen LogP contribution in [0, 0.1) is 0 Å². The Morgan fingerprint density at radius 1 is 1.28 bits per heavy atom. The molecule has 0 fully saturated rings. The first-order valence-corrected chi connectivity index (χ1v) is 6.77. The van der Waals surface area contributed by atoms with E-state index in [-0.39, 0.29) is 18.0 Å². The molecule has 2 aromatic rings. The molecule has 96 valence electrons. The quantitative estimate of drug-likeness (QED) is 0.730. The van der Waals surface area contributed by atoms with E-state index in [0.29, 0.717) is 11.3 Å². The van der Waals surface area contributed by atoms with Crippen LogP contribution in [0.5, 0.6) is 0 Å². The molecule has 0 unspecified atom stereocenters. The molecule has 0 spiro atoms. The normalized spacial score (nSPS) is 11.6. The van der Waals surface area contributed by atoms with Crippen molar-refractivity contribution >= 4 is 10.0 Å². The highest BCUT2D eigenvalue weighted by Gasteiger charge is 2.13. The van der Waals surface area contributed by atoms with Crippen LogP contribution in [0.2, 0.25) is 0 Å². The molecule has 3 N–H and O–H groups in total. The number of hydrogen-bond acceptors (Lipinski definition) is 4. The zero-order chi connectivity index (χ0) is 13.0. The van der Waals surface area contributed by atoms with E-state index >= 15 is 0 Å². The number of rotatable bonds is 5. The second-order valence-electron chi connectivity index (χ2n) is 3.70. The highest BCUT2D eigenvalue weighted by molar-refractivity contribution is 7.89. The second-order valence-corrected chi connectivity index (χ2v) is 5.47. The number of benzene rings is 1. The molecule has 0 aliphatic heterocycles. The van der Waals surface area contributed by atoms with Gasteiger partial charge in [0.2, 0.25) is 10.0 Å². The van der Waals surface area contributed by atoms with Crippen LogP contribution in [0.4, 0.5) is 0 Å². The van der Waals surface area contributed by atoms with Crippen LogP contribution in [-0.4, -0.2) is 23.5 Å². The van der Waals surface area contributed by atoms with Crippen molar-refractivity contribution in [2.24, 2.45) is 0 Å². The molecular formula is C11H13N3O3S. The van der Waals surface area contributed by atoms with Gasteiger partial charge < -0.3 is 10.1 Å². The fourth-order valence-electron chi connectivity index (χ4n) is 1.41. The molecule has 18 heavy (non-hydrogen) atoms. The minimum atomic E-state index is -3.54. The number of nitrogens with zero attached hydrogens (tertiary/aromatic N) is 1. The van der Waals surface area contributed by atoms with Crippen LogP contribution < -0.4 is 4.72 Å². The Morgan fingerprint density at radius 2 is 2.00 bits per heavy atom. The first kappa shape index (κ1) is 12.7. The van der Waals surface area contributed by atoms with E-state index in [9.17, 15) is 8.42 Å². The highest BCUT2D eigenvalue weighted by Crippen LogP contribution is 2.10. The maximum atomic E-state index is 11.9. The van der Waals surface area contributed by atoms with Gasteiger partial charge in [-0.25, -0.2) is 18.1 Å². The fraction of sp³-hybridized carbons (Fsp3) is 0.182. The minimum Gasteiger partial charge on any atom is -0.392 e. The van der Waals surface area contributed by atoms with E-state index in [0.717, 1.165) is 0 Å². The largest absolute Gasteiger partial charge is 0.392 e. The number of H-pyrrole nitrogens is 1. The van der Waals surface area contributed by atoms with Gasteiger partial charge in [0.05, 0.1) is 24.4 Å². The van der Waals surface area contributed by atoms with Crippen molar-refractivity contribution in [2.45, 2.75) is 18.0 Å². The van der Waals surface area contributed by atoms with E-state index in [2.05, 4.69) is 14.7 Å². The lowest BCUT2D eigenvalue weighted by molar-refractivity contribution is 0.282. The zero-order valence-corrected chi connectivity index (χ0v) is 10.3. The summed E-state index contributed by atoms with van der Waals surface area (Å²) in [6.07, 6.45) is 3.04. The van der Waals surface area contributed by atoms with Crippen molar-refractivity contribution in [2.75, 3.05) is 0 Å². The summed E-state index contributed by atoms with van der Waals surface area (Å²) < 4.78 is 26.3. The molecule has 7 heteroatoms. The Labute approximate surface area is 105 Å². The van der Waals surface area contributed by atoms with Gasteiger partial charge in [-0.3, -0.25) is 0 Å². The Hall–Kier alpha value is -1.70. The maximum Gasteiger partial charge on any atom is 0.240 e. The Kier molecular flexibility index (Phi) is 3.75. The van der Waals surface area contributed by atoms with Gasteiger partial charge in [-0.05, 0) is 17.7 Å². The summed E-state index contributed by atoms with van der Waals surface area (Å²) in [5.74, 6) is 0. The maximum absolute atomic E-state index is 11.9. The van der Waals surface area contributed by atoms with Crippen LogP contribution in [0.15, 0.2) is 41.7 Å². The molecule has 1 aromatic carbocycles. The molecule has 0 aliphatic rings. The SMILES string of the molecule is O=S(=O)(NCc1cnc[nH]1)c1ccc(CO)cc1. The van der Waals surface area contributed by atoms with Crippen LogP contribution in [0.25, 0.3) is 0 Å². The smallest absolute Gasteiger partial charge is 0.240 e. The van der Waals surface area contributed by atoms with Gasteiger partial charge in [0.1, 0.15) is 0 Å². The molecule has 0 radical (unpaired) electrons.